The Kier molecular flexibility index (Phi) is 6.56. The standard InChI is InChI=1S/C18H23N3O2/c1-14-4-6-15(7-5-14)12-21-18(22)16-8-9-17(20-13-16)19-10-3-11-23-2/h4-9,13H,3,10-12H2,1-2H3,(H,19,20)(H,21,22). The molecule has 0 bridgehead atoms. The molecule has 0 radical (unpaired) electrons. The number of hydrogen-bond acceptors (Lipinski definition) is 4. The zero-order chi connectivity index (χ0) is 16.5. The first kappa shape index (κ1) is 17.0. The Hall–Kier alpha value is -2.40. The summed E-state index contributed by atoms with van der Waals surface area (Å²) in [5.41, 5.74) is 2.84. The van der Waals surface area contributed by atoms with Crippen LogP contribution in [0.15, 0.2) is 42.6 Å². The fourth-order valence-electron chi connectivity index (χ4n) is 2.06. The lowest BCUT2D eigenvalue weighted by Gasteiger charge is -2.08. The van der Waals surface area contributed by atoms with Gasteiger partial charge in [0.25, 0.3) is 5.91 Å². The lowest BCUT2D eigenvalue weighted by Crippen LogP contribution is -2.23. The van der Waals surface area contributed by atoms with Crippen molar-refractivity contribution in [3.8, 4) is 0 Å². The Morgan fingerprint density at radius 2 is 1.96 bits per heavy atom. The van der Waals surface area contributed by atoms with Crippen molar-refractivity contribution in [1.29, 1.82) is 0 Å². The van der Waals surface area contributed by atoms with E-state index in [1.807, 2.05) is 37.3 Å². The SMILES string of the molecule is COCCCNc1ccc(C(=O)NCc2ccc(C)cc2)cn1. The molecule has 1 heterocycles. The van der Waals surface area contributed by atoms with E-state index in [1.54, 1.807) is 19.4 Å². The van der Waals surface area contributed by atoms with Crippen LogP contribution in [-0.4, -0.2) is 31.2 Å². The molecule has 1 amide bonds. The number of ether oxygens (including phenoxy) is 1. The molecule has 0 unspecified atom stereocenters. The average Bonchev–Trinajstić information content (AvgIpc) is 2.58. The number of nitrogens with zero attached hydrogens (tertiary/aromatic N) is 1. The molecule has 0 spiro atoms. The Labute approximate surface area is 137 Å². The molecule has 5 nitrogen and oxygen atoms in total. The van der Waals surface area contributed by atoms with Crippen molar-refractivity contribution in [2.45, 2.75) is 19.9 Å². The molecule has 0 saturated heterocycles. The van der Waals surface area contributed by atoms with Gasteiger partial charge >= 0.3 is 0 Å². The fraction of sp³-hybridized carbons (Fsp3) is 0.333. The lowest BCUT2D eigenvalue weighted by atomic mass is 10.1. The van der Waals surface area contributed by atoms with Crippen LogP contribution in [0.1, 0.15) is 27.9 Å². The third-order valence-corrected chi connectivity index (χ3v) is 3.43. The molecule has 1 aromatic heterocycles. The molecule has 5 heteroatoms. The quantitative estimate of drug-likeness (QED) is 0.736. The van der Waals surface area contributed by atoms with Gasteiger partial charge in [0.15, 0.2) is 0 Å². The summed E-state index contributed by atoms with van der Waals surface area (Å²) in [5.74, 6) is 0.639. The summed E-state index contributed by atoms with van der Waals surface area (Å²) >= 11 is 0. The van der Waals surface area contributed by atoms with E-state index in [1.165, 1.54) is 5.56 Å². The summed E-state index contributed by atoms with van der Waals surface area (Å²) in [5, 5.41) is 6.08. The van der Waals surface area contributed by atoms with Gasteiger partial charge in [-0.05, 0) is 31.0 Å². The highest BCUT2D eigenvalue weighted by Gasteiger charge is 2.06. The Morgan fingerprint density at radius 3 is 2.61 bits per heavy atom. The maximum Gasteiger partial charge on any atom is 0.253 e. The van der Waals surface area contributed by atoms with Crippen LogP contribution in [0, 0.1) is 6.92 Å². The van der Waals surface area contributed by atoms with Crippen molar-refractivity contribution >= 4 is 11.7 Å². The van der Waals surface area contributed by atoms with E-state index in [9.17, 15) is 4.79 Å². The van der Waals surface area contributed by atoms with Gasteiger partial charge in [0.1, 0.15) is 5.82 Å². The molecule has 0 atom stereocenters. The van der Waals surface area contributed by atoms with Crippen LogP contribution in [0.5, 0.6) is 0 Å². The number of rotatable bonds is 8. The summed E-state index contributed by atoms with van der Waals surface area (Å²) in [4.78, 5) is 16.4. The highest BCUT2D eigenvalue weighted by atomic mass is 16.5. The highest BCUT2D eigenvalue weighted by Crippen LogP contribution is 2.06. The second-order valence-corrected chi connectivity index (χ2v) is 5.37. The Bertz CT molecular complexity index is 609. The summed E-state index contributed by atoms with van der Waals surface area (Å²) in [6.07, 6.45) is 2.50. The van der Waals surface area contributed by atoms with E-state index >= 15 is 0 Å². The van der Waals surface area contributed by atoms with Gasteiger partial charge in [0, 0.05) is 33.0 Å². The van der Waals surface area contributed by atoms with Crippen molar-refractivity contribution in [2.75, 3.05) is 25.6 Å². The number of nitrogens with one attached hydrogen (secondary N) is 2. The molecule has 122 valence electrons. The molecular weight excluding hydrogens is 290 g/mol. The monoisotopic (exact) mass is 313 g/mol. The van der Waals surface area contributed by atoms with Gasteiger partial charge in [-0.15, -0.1) is 0 Å². The van der Waals surface area contributed by atoms with Gasteiger partial charge in [-0.3, -0.25) is 4.79 Å². The molecule has 0 aliphatic carbocycles. The maximum atomic E-state index is 12.1. The smallest absolute Gasteiger partial charge is 0.253 e. The molecule has 0 aliphatic rings. The van der Waals surface area contributed by atoms with Crippen LogP contribution in [0.4, 0.5) is 5.82 Å². The topological polar surface area (TPSA) is 63.2 Å². The van der Waals surface area contributed by atoms with Crippen molar-refractivity contribution in [2.24, 2.45) is 0 Å². The number of anilines is 1. The predicted molar refractivity (Wildman–Crippen MR) is 91.6 cm³/mol. The molecule has 0 fully saturated rings. The number of amides is 1. The molecule has 2 aromatic rings. The number of hydrogen-bond donors (Lipinski definition) is 2. The maximum absolute atomic E-state index is 12.1. The number of aryl methyl sites for hydroxylation is 1. The molecule has 2 rings (SSSR count). The molecule has 0 saturated carbocycles. The number of methoxy groups -OCH3 is 1. The first-order valence-corrected chi connectivity index (χ1v) is 7.71. The van der Waals surface area contributed by atoms with E-state index in [4.69, 9.17) is 4.74 Å². The normalized spacial score (nSPS) is 10.3. The Balaban J connectivity index is 1.81. The second kappa shape index (κ2) is 8.90. The minimum absolute atomic E-state index is 0.121. The van der Waals surface area contributed by atoms with Crippen molar-refractivity contribution in [3.63, 3.8) is 0 Å². The largest absolute Gasteiger partial charge is 0.385 e. The Morgan fingerprint density at radius 1 is 1.17 bits per heavy atom. The zero-order valence-corrected chi connectivity index (χ0v) is 13.6. The van der Waals surface area contributed by atoms with Gasteiger partial charge in [-0.25, -0.2) is 4.98 Å². The van der Waals surface area contributed by atoms with Crippen LogP contribution in [-0.2, 0) is 11.3 Å². The third-order valence-electron chi connectivity index (χ3n) is 3.43. The first-order chi connectivity index (χ1) is 11.2. The van der Waals surface area contributed by atoms with E-state index in [-0.39, 0.29) is 5.91 Å². The summed E-state index contributed by atoms with van der Waals surface area (Å²) in [6.45, 7) is 4.06. The number of aromatic nitrogens is 1. The van der Waals surface area contributed by atoms with E-state index in [0.29, 0.717) is 18.7 Å². The molecule has 1 aromatic carbocycles. The van der Waals surface area contributed by atoms with Crippen LogP contribution in [0.3, 0.4) is 0 Å². The number of benzene rings is 1. The summed E-state index contributed by atoms with van der Waals surface area (Å²) in [6, 6.07) is 11.7. The van der Waals surface area contributed by atoms with Gasteiger partial charge in [-0.1, -0.05) is 29.8 Å². The zero-order valence-electron chi connectivity index (χ0n) is 13.6. The van der Waals surface area contributed by atoms with Gasteiger partial charge in [-0.2, -0.15) is 0 Å². The summed E-state index contributed by atoms with van der Waals surface area (Å²) < 4.78 is 4.99. The minimum atomic E-state index is -0.121. The lowest BCUT2D eigenvalue weighted by molar-refractivity contribution is 0.0950. The van der Waals surface area contributed by atoms with Crippen molar-refractivity contribution < 1.29 is 9.53 Å². The van der Waals surface area contributed by atoms with Crippen LogP contribution < -0.4 is 10.6 Å². The number of carbonyl (C=O) groups is 1. The molecule has 0 aliphatic heterocycles. The number of pyridine rings is 1. The van der Waals surface area contributed by atoms with Crippen LogP contribution >= 0.6 is 0 Å². The van der Waals surface area contributed by atoms with Crippen LogP contribution in [0.2, 0.25) is 0 Å². The van der Waals surface area contributed by atoms with Crippen molar-refractivity contribution in [3.05, 3.63) is 59.3 Å². The summed E-state index contributed by atoms with van der Waals surface area (Å²) in [7, 11) is 1.68. The predicted octanol–water partition coefficient (Wildman–Crippen LogP) is 2.77. The minimum Gasteiger partial charge on any atom is -0.385 e. The van der Waals surface area contributed by atoms with E-state index in [0.717, 1.165) is 24.3 Å². The average molecular weight is 313 g/mol. The van der Waals surface area contributed by atoms with Gasteiger partial charge in [0.05, 0.1) is 5.56 Å². The highest BCUT2D eigenvalue weighted by molar-refractivity contribution is 5.93. The second-order valence-electron chi connectivity index (χ2n) is 5.37. The first-order valence-electron chi connectivity index (χ1n) is 7.71. The molecule has 2 N–H and O–H groups in total. The van der Waals surface area contributed by atoms with E-state index in [2.05, 4.69) is 15.6 Å². The van der Waals surface area contributed by atoms with Crippen molar-refractivity contribution in [1.82, 2.24) is 10.3 Å². The fourth-order valence-corrected chi connectivity index (χ4v) is 2.06. The van der Waals surface area contributed by atoms with Gasteiger partial charge < -0.3 is 15.4 Å². The van der Waals surface area contributed by atoms with E-state index < -0.39 is 0 Å². The van der Waals surface area contributed by atoms with Crippen LogP contribution in [0.25, 0.3) is 0 Å². The molecule has 23 heavy (non-hydrogen) atoms. The van der Waals surface area contributed by atoms with Gasteiger partial charge in [0.2, 0.25) is 0 Å². The third kappa shape index (κ3) is 5.71. The molecular formula is C18H23N3O2. The number of carbonyl (C=O) groups excluding carboxylic acids is 1.